The molecule has 3 aromatic heterocycles. The summed E-state index contributed by atoms with van der Waals surface area (Å²) in [6, 6.07) is 57.2. The summed E-state index contributed by atoms with van der Waals surface area (Å²) in [7, 11) is 0. The first-order valence-corrected chi connectivity index (χ1v) is 26.3. The van der Waals surface area contributed by atoms with Gasteiger partial charge in [-0.3, -0.25) is 0 Å². The van der Waals surface area contributed by atoms with Crippen LogP contribution in [-0.2, 0) is 24.7 Å². The highest BCUT2D eigenvalue weighted by Crippen LogP contribution is 2.48. The summed E-state index contributed by atoms with van der Waals surface area (Å²) in [5.74, 6) is 0.945. The molecular weight excluding hydrogens is 1130 g/mol. The number of hydrogen-bond donors (Lipinski definition) is 0. The highest BCUT2D eigenvalue weighted by molar-refractivity contribution is 6.13. The van der Waals surface area contributed by atoms with Crippen LogP contribution >= 0.6 is 0 Å². The van der Waals surface area contributed by atoms with Crippen molar-refractivity contribution < 1.29 is 52.7 Å². The minimum Gasteiger partial charge on any atom is -0.309 e. The minimum atomic E-state index is -5.17. The summed E-state index contributed by atoms with van der Waals surface area (Å²) in [6.45, 7) is 0. The molecule has 0 aliphatic rings. The van der Waals surface area contributed by atoms with Crippen molar-refractivity contribution in [1.29, 1.82) is 5.26 Å². The van der Waals surface area contributed by atoms with E-state index >= 15 is 0 Å². The van der Waals surface area contributed by atoms with Gasteiger partial charge in [0.1, 0.15) is 0 Å². The largest absolute Gasteiger partial charge is 0.417 e. The average Bonchev–Trinajstić information content (AvgIpc) is 1.63. The smallest absolute Gasteiger partial charge is 0.309 e. The highest BCUT2D eigenvalue weighted by atomic mass is 19.4. The number of hydrogen-bond acceptors (Lipinski definition) is 4. The molecule has 0 aliphatic heterocycles. The molecule has 0 saturated heterocycles. The van der Waals surface area contributed by atoms with Crippen LogP contribution in [0.4, 0.5) is 52.7 Å². The normalized spacial score (nSPS) is 12.4. The number of benzene rings is 10. The van der Waals surface area contributed by atoms with E-state index < -0.39 is 58.1 Å². The first-order chi connectivity index (χ1) is 41.1. The zero-order valence-electron chi connectivity index (χ0n) is 44.0. The van der Waals surface area contributed by atoms with Crippen molar-refractivity contribution in [2.75, 3.05) is 0 Å². The van der Waals surface area contributed by atoms with E-state index in [4.69, 9.17) is 15.0 Å². The molecule has 18 heteroatoms. The second-order valence-electron chi connectivity index (χ2n) is 20.3. The molecular formula is C68H36F12N6. The highest BCUT2D eigenvalue weighted by Gasteiger charge is 2.40. The van der Waals surface area contributed by atoms with Gasteiger partial charge in [-0.1, -0.05) is 127 Å². The second-order valence-corrected chi connectivity index (χ2v) is 20.3. The Balaban J connectivity index is 1.09. The number of aromatic nitrogens is 5. The van der Waals surface area contributed by atoms with Gasteiger partial charge in [0.15, 0.2) is 17.5 Å². The lowest BCUT2D eigenvalue weighted by molar-refractivity contribution is -0.144. The van der Waals surface area contributed by atoms with Crippen molar-refractivity contribution in [3.8, 4) is 85.0 Å². The number of para-hydroxylation sites is 2. The van der Waals surface area contributed by atoms with Gasteiger partial charge in [-0.15, -0.1) is 0 Å². The number of rotatable bonds is 8. The number of alkyl halides is 12. The van der Waals surface area contributed by atoms with E-state index in [-0.39, 0.29) is 34.6 Å². The maximum absolute atomic E-state index is 14.7. The molecule has 0 unspecified atom stereocenters. The van der Waals surface area contributed by atoms with Gasteiger partial charge in [-0.05, 0) is 113 Å². The quantitative estimate of drug-likeness (QED) is 0.142. The molecule has 0 radical (unpaired) electrons. The molecule has 13 aromatic rings. The molecule has 10 aromatic carbocycles. The fourth-order valence-electron chi connectivity index (χ4n) is 11.3. The van der Waals surface area contributed by atoms with Crippen molar-refractivity contribution >= 4 is 43.6 Å². The van der Waals surface area contributed by atoms with Gasteiger partial charge < -0.3 is 9.13 Å². The predicted molar refractivity (Wildman–Crippen MR) is 306 cm³/mol. The molecule has 3 heterocycles. The van der Waals surface area contributed by atoms with Crippen molar-refractivity contribution in [3.63, 3.8) is 0 Å². The molecule has 0 fully saturated rings. The third kappa shape index (κ3) is 9.69. The Morgan fingerprint density at radius 3 is 1.16 bits per heavy atom. The van der Waals surface area contributed by atoms with Crippen LogP contribution in [0.3, 0.4) is 0 Å². The first-order valence-electron chi connectivity index (χ1n) is 26.3. The molecule has 0 saturated carbocycles. The average molecular weight is 1170 g/mol. The standard InChI is InChI=1S/C68H36F12N6/c69-65(70,71)44-23-26-46(54(35-44)67(75,76)77)41-20-28-58-51(32-41)48-15-7-9-17-56(48)85(58)59-30-22-43(64-83-62(39-11-3-1-4-12-39)82-63(84-64)40-13-5-2-6-14-40)34-53(59)50-25-19-38(37-81)31-61(50)86-57-18-10-8-16-49(57)52-33-42(21-29-60(52)86)47-27-24-45(66(72,73)74)36-55(47)68(78,79)80/h1-36H. The van der Waals surface area contributed by atoms with Gasteiger partial charge >= 0.3 is 24.7 Å². The monoisotopic (exact) mass is 1160 g/mol. The van der Waals surface area contributed by atoms with Gasteiger partial charge in [0.2, 0.25) is 0 Å². The van der Waals surface area contributed by atoms with E-state index in [0.717, 1.165) is 12.1 Å². The molecule has 0 amide bonds. The number of nitriles is 1. The van der Waals surface area contributed by atoms with Crippen LogP contribution in [-0.4, -0.2) is 24.1 Å². The van der Waals surface area contributed by atoms with E-state index in [1.165, 1.54) is 24.3 Å². The Hall–Kier alpha value is -10.5. The summed E-state index contributed by atoms with van der Waals surface area (Å²) in [4.78, 5) is 14.9. The van der Waals surface area contributed by atoms with Crippen molar-refractivity contribution in [1.82, 2.24) is 24.1 Å². The fraction of sp³-hybridized carbons (Fsp3) is 0.0588. The number of halogens is 12. The molecule has 0 aliphatic carbocycles. The summed E-state index contributed by atoms with van der Waals surface area (Å²) in [5, 5.41) is 12.6. The minimum absolute atomic E-state index is 0.00727. The summed E-state index contributed by atoms with van der Waals surface area (Å²) < 4.78 is 175. The maximum atomic E-state index is 14.7. The van der Waals surface area contributed by atoms with Gasteiger partial charge in [0.05, 0.1) is 67.3 Å². The van der Waals surface area contributed by atoms with E-state index in [0.29, 0.717) is 107 Å². The van der Waals surface area contributed by atoms with Crippen LogP contribution < -0.4 is 0 Å². The lowest BCUT2D eigenvalue weighted by atomic mass is 9.95. The zero-order chi connectivity index (χ0) is 60.0. The van der Waals surface area contributed by atoms with Crippen LogP contribution in [0.2, 0.25) is 0 Å². The first kappa shape index (κ1) is 54.7. The van der Waals surface area contributed by atoms with Crippen LogP contribution in [0.5, 0.6) is 0 Å². The van der Waals surface area contributed by atoms with Crippen molar-refractivity contribution in [2.45, 2.75) is 24.7 Å². The van der Waals surface area contributed by atoms with E-state index in [1.807, 2.05) is 81.9 Å². The summed E-state index contributed by atoms with van der Waals surface area (Å²) in [6.07, 6.45) is -20.4. The Morgan fingerprint density at radius 2 is 0.709 bits per heavy atom. The zero-order valence-corrected chi connectivity index (χ0v) is 44.0. The predicted octanol–water partition coefficient (Wildman–Crippen LogP) is 20.0. The summed E-state index contributed by atoms with van der Waals surface area (Å²) in [5.41, 5.74) is -1.00. The topological polar surface area (TPSA) is 72.3 Å². The van der Waals surface area contributed by atoms with E-state index in [2.05, 4.69) is 6.07 Å². The molecule has 0 bridgehead atoms. The Labute approximate surface area is 479 Å². The Kier molecular flexibility index (Phi) is 13.0. The van der Waals surface area contributed by atoms with Crippen LogP contribution in [0.15, 0.2) is 218 Å². The van der Waals surface area contributed by atoms with Gasteiger partial charge in [0.25, 0.3) is 0 Å². The molecule has 422 valence electrons. The van der Waals surface area contributed by atoms with Gasteiger partial charge in [-0.2, -0.15) is 57.9 Å². The van der Waals surface area contributed by atoms with E-state index in [1.54, 1.807) is 84.9 Å². The Morgan fingerprint density at radius 1 is 0.302 bits per heavy atom. The molecule has 6 nitrogen and oxygen atoms in total. The van der Waals surface area contributed by atoms with Gasteiger partial charge in [-0.25, -0.2) is 15.0 Å². The SMILES string of the molecule is N#Cc1ccc(-c2cc(-c3nc(-c4ccccc4)nc(-c4ccccc4)n3)ccc2-n2c3ccccc3c3cc(-c4ccc(C(F)(F)F)cc4C(F)(F)F)ccc32)c(-n2c3ccccc3c3cc(-c4ccc(C(F)(F)F)cc4C(F)(F)F)ccc32)c1. The fourth-order valence-corrected chi connectivity index (χ4v) is 11.3. The lowest BCUT2D eigenvalue weighted by Crippen LogP contribution is -2.12. The third-order valence-electron chi connectivity index (χ3n) is 15.1. The lowest BCUT2D eigenvalue weighted by Gasteiger charge is -2.20. The van der Waals surface area contributed by atoms with E-state index in [9.17, 15) is 57.9 Å². The molecule has 0 atom stereocenters. The molecule has 13 rings (SSSR count). The van der Waals surface area contributed by atoms with Gasteiger partial charge in [0, 0.05) is 49.4 Å². The van der Waals surface area contributed by atoms with Crippen LogP contribution in [0.25, 0.3) is 123 Å². The van der Waals surface area contributed by atoms with Crippen LogP contribution in [0, 0.1) is 11.3 Å². The Bertz CT molecular complexity index is 4840. The van der Waals surface area contributed by atoms with Crippen LogP contribution in [0.1, 0.15) is 27.8 Å². The number of fused-ring (bicyclic) bond motifs is 6. The maximum Gasteiger partial charge on any atom is 0.417 e. The second kappa shape index (κ2) is 20.4. The molecule has 86 heavy (non-hydrogen) atoms. The summed E-state index contributed by atoms with van der Waals surface area (Å²) >= 11 is 0. The van der Waals surface area contributed by atoms with Crippen molar-refractivity contribution in [3.05, 3.63) is 246 Å². The number of nitrogens with zero attached hydrogens (tertiary/aromatic N) is 6. The molecule has 0 spiro atoms. The van der Waals surface area contributed by atoms with Crippen molar-refractivity contribution in [2.24, 2.45) is 0 Å². The third-order valence-corrected chi connectivity index (χ3v) is 15.1. The molecule has 0 N–H and O–H groups in total.